The number of halogens is 1. The maximum Gasteiger partial charge on any atom is 0.261 e. The van der Waals surface area contributed by atoms with E-state index >= 15 is 0 Å². The summed E-state index contributed by atoms with van der Waals surface area (Å²) in [4.78, 5) is 3.54. The number of rotatable bonds is 4. The minimum Gasteiger partial charge on any atom is -0.508 e. The normalized spacial score (nSPS) is 13.1. The van der Waals surface area contributed by atoms with E-state index in [1.807, 2.05) is 0 Å². The van der Waals surface area contributed by atoms with Crippen LogP contribution in [0.25, 0.3) is 0 Å². The molecule has 0 amide bonds. The van der Waals surface area contributed by atoms with E-state index in [9.17, 15) is 17.9 Å². The zero-order chi connectivity index (χ0) is 14.8. The maximum absolute atomic E-state index is 13.5. The van der Waals surface area contributed by atoms with Crippen molar-refractivity contribution in [1.82, 2.24) is 9.71 Å². The molecule has 2 N–H and O–H groups in total. The van der Waals surface area contributed by atoms with Crippen molar-refractivity contribution in [2.75, 3.05) is 0 Å². The maximum atomic E-state index is 13.5. The molecule has 0 radical (unpaired) electrons. The smallest absolute Gasteiger partial charge is 0.261 e. The molecule has 1 aromatic carbocycles. The summed E-state index contributed by atoms with van der Waals surface area (Å²) in [6, 6.07) is 7.87. The van der Waals surface area contributed by atoms with E-state index in [0.29, 0.717) is 5.56 Å². The third-order valence-corrected chi connectivity index (χ3v) is 4.15. The number of phenols is 1. The molecule has 1 heterocycles. The van der Waals surface area contributed by atoms with Gasteiger partial charge in [-0.15, -0.1) is 0 Å². The molecule has 1 atom stereocenters. The average Bonchev–Trinajstić information content (AvgIpc) is 2.38. The molecule has 1 aromatic heterocycles. The number of aromatic nitrogens is 1. The second-order valence-electron chi connectivity index (χ2n) is 4.23. The van der Waals surface area contributed by atoms with Gasteiger partial charge in [-0.05, 0) is 36.8 Å². The Labute approximate surface area is 116 Å². The van der Waals surface area contributed by atoms with Gasteiger partial charge in [-0.1, -0.05) is 12.1 Å². The summed E-state index contributed by atoms with van der Waals surface area (Å²) < 4.78 is 39.9. The molecule has 0 saturated carbocycles. The molecule has 20 heavy (non-hydrogen) atoms. The lowest BCUT2D eigenvalue weighted by Gasteiger charge is -2.14. The van der Waals surface area contributed by atoms with Gasteiger partial charge in [0.1, 0.15) is 5.75 Å². The molecule has 2 aromatic rings. The topological polar surface area (TPSA) is 79.3 Å². The van der Waals surface area contributed by atoms with Crippen LogP contribution >= 0.6 is 0 Å². The Balaban J connectivity index is 2.27. The molecule has 2 rings (SSSR count). The van der Waals surface area contributed by atoms with Crippen molar-refractivity contribution in [2.45, 2.75) is 18.0 Å². The lowest BCUT2D eigenvalue weighted by atomic mass is 10.1. The minimum absolute atomic E-state index is 0.0255. The first-order chi connectivity index (χ1) is 9.40. The predicted molar refractivity (Wildman–Crippen MR) is 71.0 cm³/mol. The number of benzene rings is 1. The second kappa shape index (κ2) is 5.56. The molecule has 0 aliphatic rings. The molecule has 5 nitrogen and oxygen atoms in total. The summed E-state index contributed by atoms with van der Waals surface area (Å²) >= 11 is 0. The Bertz CT molecular complexity index is 719. The van der Waals surface area contributed by atoms with E-state index in [2.05, 4.69) is 9.71 Å². The molecule has 0 bridgehead atoms. The van der Waals surface area contributed by atoms with Gasteiger partial charge in [0.15, 0.2) is 5.82 Å². The van der Waals surface area contributed by atoms with Gasteiger partial charge in [-0.25, -0.2) is 22.5 Å². The van der Waals surface area contributed by atoms with E-state index in [1.165, 1.54) is 24.4 Å². The fraction of sp³-hybridized carbons (Fsp3) is 0.154. The fourth-order valence-corrected chi connectivity index (χ4v) is 2.96. The monoisotopic (exact) mass is 296 g/mol. The van der Waals surface area contributed by atoms with Gasteiger partial charge in [0.05, 0.1) is 0 Å². The third-order valence-electron chi connectivity index (χ3n) is 2.68. The predicted octanol–water partition coefficient (Wildman–Crippen LogP) is 1.97. The van der Waals surface area contributed by atoms with Gasteiger partial charge < -0.3 is 5.11 Å². The lowest BCUT2D eigenvalue weighted by Crippen LogP contribution is -2.28. The average molecular weight is 296 g/mol. The van der Waals surface area contributed by atoms with Gasteiger partial charge in [0.25, 0.3) is 10.0 Å². The number of aromatic hydroxyl groups is 1. The molecule has 7 heteroatoms. The van der Waals surface area contributed by atoms with Crippen LogP contribution in [0.15, 0.2) is 47.6 Å². The molecule has 0 spiro atoms. The number of hydrogen-bond donors (Lipinski definition) is 2. The first-order valence-electron chi connectivity index (χ1n) is 5.82. The van der Waals surface area contributed by atoms with Crippen LogP contribution in [-0.2, 0) is 10.0 Å². The van der Waals surface area contributed by atoms with Crippen molar-refractivity contribution in [3.63, 3.8) is 0 Å². The largest absolute Gasteiger partial charge is 0.508 e. The van der Waals surface area contributed by atoms with Crippen molar-refractivity contribution in [1.29, 1.82) is 0 Å². The van der Waals surface area contributed by atoms with Gasteiger partial charge in [0.2, 0.25) is 5.03 Å². The molecule has 106 valence electrons. The summed E-state index contributed by atoms with van der Waals surface area (Å²) in [5.74, 6) is -0.888. The second-order valence-corrected chi connectivity index (χ2v) is 5.86. The molecule has 0 fully saturated rings. The Morgan fingerprint density at radius 2 is 2.05 bits per heavy atom. The van der Waals surface area contributed by atoms with E-state index in [-0.39, 0.29) is 5.75 Å². The van der Waals surface area contributed by atoms with Crippen molar-refractivity contribution < 1.29 is 17.9 Å². The van der Waals surface area contributed by atoms with Crippen molar-refractivity contribution >= 4 is 10.0 Å². The molecular formula is C13H13FN2O3S. The summed E-state index contributed by atoms with van der Waals surface area (Å²) in [6.07, 6.45) is 1.21. The first-order valence-corrected chi connectivity index (χ1v) is 7.30. The van der Waals surface area contributed by atoms with Crippen molar-refractivity contribution in [3.8, 4) is 5.75 Å². The number of phenolic OH excluding ortho intramolecular Hbond substituents is 1. The van der Waals surface area contributed by atoms with Gasteiger partial charge in [-0.2, -0.15) is 0 Å². The SMILES string of the molecule is CC(NS(=O)(=O)c1ncccc1F)c1cccc(O)c1. The van der Waals surface area contributed by atoms with Crippen LogP contribution in [0.2, 0.25) is 0 Å². The van der Waals surface area contributed by atoms with Gasteiger partial charge in [-0.3, -0.25) is 0 Å². The number of sulfonamides is 1. The number of nitrogens with zero attached hydrogens (tertiary/aromatic N) is 1. The highest BCUT2D eigenvalue weighted by Gasteiger charge is 2.23. The zero-order valence-corrected chi connectivity index (χ0v) is 11.4. The highest BCUT2D eigenvalue weighted by Crippen LogP contribution is 2.20. The highest BCUT2D eigenvalue weighted by molar-refractivity contribution is 7.89. The van der Waals surface area contributed by atoms with E-state index in [1.54, 1.807) is 19.1 Å². The molecular weight excluding hydrogens is 283 g/mol. The third kappa shape index (κ3) is 3.12. The number of pyridine rings is 1. The summed E-state index contributed by atoms with van der Waals surface area (Å²) in [5, 5.41) is 8.73. The fourth-order valence-electron chi connectivity index (χ4n) is 1.72. The molecule has 0 aliphatic carbocycles. The van der Waals surface area contributed by atoms with Crippen LogP contribution in [-0.4, -0.2) is 18.5 Å². The van der Waals surface area contributed by atoms with Gasteiger partial charge >= 0.3 is 0 Å². The van der Waals surface area contributed by atoms with E-state index < -0.39 is 26.9 Å². The van der Waals surface area contributed by atoms with E-state index in [4.69, 9.17) is 0 Å². The lowest BCUT2D eigenvalue weighted by molar-refractivity contribution is 0.473. The Morgan fingerprint density at radius 1 is 1.30 bits per heavy atom. The quantitative estimate of drug-likeness (QED) is 0.904. The van der Waals surface area contributed by atoms with Crippen LogP contribution in [0, 0.1) is 5.82 Å². The highest BCUT2D eigenvalue weighted by atomic mass is 32.2. The van der Waals surface area contributed by atoms with Gasteiger partial charge in [0, 0.05) is 12.2 Å². The Kier molecular flexibility index (Phi) is 4.01. The molecule has 0 saturated heterocycles. The number of hydrogen-bond acceptors (Lipinski definition) is 4. The molecule has 0 aliphatic heterocycles. The summed E-state index contributed by atoms with van der Waals surface area (Å²) in [6.45, 7) is 1.59. The van der Waals surface area contributed by atoms with Crippen molar-refractivity contribution in [3.05, 3.63) is 54.0 Å². The first kappa shape index (κ1) is 14.4. The standard InChI is InChI=1S/C13H13FN2O3S/c1-9(10-4-2-5-11(17)8-10)16-20(18,19)13-12(14)6-3-7-15-13/h2-9,16-17H,1H3. The summed E-state index contributed by atoms with van der Waals surface area (Å²) in [5.41, 5.74) is 0.560. The Morgan fingerprint density at radius 3 is 2.70 bits per heavy atom. The van der Waals surface area contributed by atoms with Crippen LogP contribution in [0.1, 0.15) is 18.5 Å². The van der Waals surface area contributed by atoms with Crippen LogP contribution in [0.3, 0.4) is 0 Å². The number of nitrogens with one attached hydrogen (secondary N) is 1. The van der Waals surface area contributed by atoms with Crippen molar-refractivity contribution in [2.24, 2.45) is 0 Å². The zero-order valence-electron chi connectivity index (χ0n) is 10.6. The van der Waals surface area contributed by atoms with Crippen LogP contribution in [0.5, 0.6) is 5.75 Å². The summed E-state index contributed by atoms with van der Waals surface area (Å²) in [7, 11) is -4.07. The minimum atomic E-state index is -4.07. The molecule has 1 unspecified atom stereocenters. The van der Waals surface area contributed by atoms with Crippen LogP contribution in [0.4, 0.5) is 4.39 Å². The van der Waals surface area contributed by atoms with Crippen LogP contribution < -0.4 is 4.72 Å². The van der Waals surface area contributed by atoms with E-state index in [0.717, 1.165) is 6.07 Å². The Hall–Kier alpha value is -1.99.